The van der Waals surface area contributed by atoms with Gasteiger partial charge in [0.25, 0.3) is 5.91 Å². The lowest BCUT2D eigenvalue weighted by molar-refractivity contribution is 0.0924. The van der Waals surface area contributed by atoms with E-state index in [1.165, 1.54) is 0 Å². The Morgan fingerprint density at radius 1 is 1.12 bits per heavy atom. The SMILES string of the molecule is Cl.O=C(NCC1CNCC1O)c1ccccc1COc1ccccc1. The van der Waals surface area contributed by atoms with Crippen molar-refractivity contribution < 1.29 is 14.6 Å². The van der Waals surface area contributed by atoms with E-state index < -0.39 is 6.10 Å². The number of ether oxygens (including phenoxy) is 1. The largest absolute Gasteiger partial charge is 0.489 e. The van der Waals surface area contributed by atoms with E-state index in [0.717, 1.165) is 17.9 Å². The maximum absolute atomic E-state index is 12.5. The highest BCUT2D eigenvalue weighted by Gasteiger charge is 2.25. The average Bonchev–Trinajstić information content (AvgIpc) is 3.04. The number of carbonyl (C=O) groups excluding carboxylic acids is 1. The van der Waals surface area contributed by atoms with Crippen LogP contribution in [0.25, 0.3) is 0 Å². The zero-order valence-electron chi connectivity index (χ0n) is 13.9. The quantitative estimate of drug-likeness (QED) is 0.735. The Morgan fingerprint density at radius 2 is 1.84 bits per heavy atom. The lowest BCUT2D eigenvalue weighted by Crippen LogP contribution is -2.34. The first kappa shape index (κ1) is 19.2. The van der Waals surface area contributed by atoms with Crippen molar-refractivity contribution in [3.63, 3.8) is 0 Å². The number of hydrogen-bond donors (Lipinski definition) is 3. The molecule has 0 bridgehead atoms. The molecule has 2 aromatic carbocycles. The van der Waals surface area contributed by atoms with Gasteiger partial charge in [-0.05, 0) is 18.2 Å². The van der Waals surface area contributed by atoms with Crippen LogP contribution >= 0.6 is 12.4 Å². The van der Waals surface area contributed by atoms with Crippen LogP contribution in [0.3, 0.4) is 0 Å². The number of carbonyl (C=O) groups is 1. The first-order chi connectivity index (χ1) is 11.7. The van der Waals surface area contributed by atoms with Gasteiger partial charge in [-0.3, -0.25) is 4.79 Å². The second kappa shape index (κ2) is 9.42. The monoisotopic (exact) mass is 362 g/mol. The van der Waals surface area contributed by atoms with E-state index in [1.54, 1.807) is 6.07 Å². The first-order valence-electron chi connectivity index (χ1n) is 8.17. The van der Waals surface area contributed by atoms with Crippen molar-refractivity contribution in [1.29, 1.82) is 0 Å². The highest BCUT2D eigenvalue weighted by Crippen LogP contribution is 2.15. The maximum atomic E-state index is 12.5. The van der Waals surface area contributed by atoms with Gasteiger partial charge in [0.1, 0.15) is 12.4 Å². The third-order valence-corrected chi connectivity index (χ3v) is 4.23. The lowest BCUT2D eigenvalue weighted by Gasteiger charge is -2.15. The van der Waals surface area contributed by atoms with Gasteiger partial charge in [-0.2, -0.15) is 0 Å². The fourth-order valence-corrected chi connectivity index (χ4v) is 2.79. The Kier molecular flexibility index (Phi) is 7.25. The van der Waals surface area contributed by atoms with Crippen LogP contribution in [0, 0.1) is 5.92 Å². The Labute approximate surface area is 153 Å². The van der Waals surface area contributed by atoms with Gasteiger partial charge in [0, 0.05) is 36.7 Å². The summed E-state index contributed by atoms with van der Waals surface area (Å²) in [5.41, 5.74) is 1.44. The highest BCUT2D eigenvalue weighted by atomic mass is 35.5. The second-order valence-corrected chi connectivity index (χ2v) is 5.95. The van der Waals surface area contributed by atoms with Crippen LogP contribution in [0.4, 0.5) is 0 Å². The van der Waals surface area contributed by atoms with Crippen LogP contribution in [-0.4, -0.2) is 36.8 Å². The van der Waals surface area contributed by atoms with Crippen molar-refractivity contribution in [1.82, 2.24) is 10.6 Å². The van der Waals surface area contributed by atoms with Crippen molar-refractivity contribution in [3.8, 4) is 5.75 Å². The van der Waals surface area contributed by atoms with Crippen LogP contribution in [0.2, 0.25) is 0 Å². The molecule has 1 aliphatic heterocycles. The maximum Gasteiger partial charge on any atom is 0.251 e. The fraction of sp³-hybridized carbons (Fsp3) is 0.316. The minimum atomic E-state index is -0.401. The Morgan fingerprint density at radius 3 is 2.56 bits per heavy atom. The predicted octanol–water partition coefficient (Wildman–Crippen LogP) is 2.00. The zero-order valence-corrected chi connectivity index (χ0v) is 14.7. The molecule has 6 heteroatoms. The van der Waals surface area contributed by atoms with E-state index in [4.69, 9.17) is 4.74 Å². The Hall–Kier alpha value is -2.08. The number of halogens is 1. The lowest BCUT2D eigenvalue weighted by atomic mass is 10.0. The minimum Gasteiger partial charge on any atom is -0.489 e. The number of β-amino-alcohol motifs (C(OH)–C–C–N with tert-alkyl or cyclic N) is 1. The van der Waals surface area contributed by atoms with Crippen LogP contribution in [0.5, 0.6) is 5.75 Å². The molecule has 2 atom stereocenters. The Bertz CT molecular complexity index is 681. The molecule has 2 aromatic rings. The smallest absolute Gasteiger partial charge is 0.251 e. The normalized spacial score (nSPS) is 19.1. The van der Waals surface area contributed by atoms with E-state index in [2.05, 4.69) is 10.6 Å². The number of aliphatic hydroxyl groups excluding tert-OH is 1. The molecule has 3 rings (SSSR count). The van der Waals surface area contributed by atoms with Crippen LogP contribution in [0.15, 0.2) is 54.6 Å². The van der Waals surface area contributed by atoms with E-state index >= 15 is 0 Å². The van der Waals surface area contributed by atoms with Gasteiger partial charge in [-0.15, -0.1) is 12.4 Å². The minimum absolute atomic E-state index is 0. The zero-order chi connectivity index (χ0) is 16.8. The summed E-state index contributed by atoms with van der Waals surface area (Å²) in [4.78, 5) is 12.5. The van der Waals surface area contributed by atoms with Crippen LogP contribution in [0.1, 0.15) is 15.9 Å². The topological polar surface area (TPSA) is 70.6 Å². The summed E-state index contributed by atoms with van der Waals surface area (Å²) >= 11 is 0. The number of rotatable bonds is 6. The van der Waals surface area contributed by atoms with Crippen LogP contribution < -0.4 is 15.4 Å². The van der Waals surface area contributed by atoms with E-state index in [-0.39, 0.29) is 24.2 Å². The van der Waals surface area contributed by atoms with Gasteiger partial charge in [0.15, 0.2) is 0 Å². The van der Waals surface area contributed by atoms with Crippen molar-refractivity contribution in [2.75, 3.05) is 19.6 Å². The van der Waals surface area contributed by atoms with Crippen molar-refractivity contribution in [2.24, 2.45) is 5.92 Å². The molecule has 5 nitrogen and oxygen atoms in total. The fourth-order valence-electron chi connectivity index (χ4n) is 2.79. The summed E-state index contributed by atoms with van der Waals surface area (Å²) in [6.45, 7) is 2.10. The summed E-state index contributed by atoms with van der Waals surface area (Å²) in [5, 5.41) is 15.8. The molecule has 1 saturated heterocycles. The average molecular weight is 363 g/mol. The van der Waals surface area contributed by atoms with Crippen LogP contribution in [-0.2, 0) is 6.61 Å². The van der Waals surface area contributed by atoms with Gasteiger partial charge in [0.05, 0.1) is 6.10 Å². The number of aliphatic hydroxyl groups is 1. The van der Waals surface area contributed by atoms with E-state index in [1.807, 2.05) is 48.5 Å². The molecule has 0 spiro atoms. The van der Waals surface area contributed by atoms with E-state index in [9.17, 15) is 9.90 Å². The number of hydrogen-bond acceptors (Lipinski definition) is 4. The number of benzene rings is 2. The number of amides is 1. The first-order valence-corrected chi connectivity index (χ1v) is 8.17. The summed E-state index contributed by atoms with van der Waals surface area (Å²) < 4.78 is 5.75. The van der Waals surface area contributed by atoms with E-state index in [0.29, 0.717) is 25.3 Å². The molecule has 25 heavy (non-hydrogen) atoms. The molecule has 2 unspecified atom stereocenters. The molecular weight excluding hydrogens is 340 g/mol. The van der Waals surface area contributed by atoms with Gasteiger partial charge in [0.2, 0.25) is 0 Å². The number of para-hydroxylation sites is 1. The standard InChI is InChI=1S/C19H22N2O3.ClH/c22-18-12-20-10-15(18)11-21-19(23)17-9-5-4-6-14(17)13-24-16-7-2-1-3-8-16;/h1-9,15,18,20,22H,10-13H2,(H,21,23);1H. The number of nitrogens with one attached hydrogen (secondary N) is 2. The van der Waals surface area contributed by atoms with Crippen molar-refractivity contribution in [3.05, 3.63) is 65.7 Å². The molecule has 1 aliphatic rings. The second-order valence-electron chi connectivity index (χ2n) is 5.95. The summed E-state index contributed by atoms with van der Waals surface area (Å²) in [5.74, 6) is 0.691. The molecule has 1 fully saturated rings. The van der Waals surface area contributed by atoms with Gasteiger partial charge in [-0.25, -0.2) is 0 Å². The van der Waals surface area contributed by atoms with Gasteiger partial charge in [-0.1, -0.05) is 36.4 Å². The van der Waals surface area contributed by atoms with Crippen molar-refractivity contribution >= 4 is 18.3 Å². The third-order valence-electron chi connectivity index (χ3n) is 4.23. The predicted molar refractivity (Wildman–Crippen MR) is 99.2 cm³/mol. The molecule has 0 aliphatic carbocycles. The van der Waals surface area contributed by atoms with Crippen molar-refractivity contribution in [2.45, 2.75) is 12.7 Å². The molecule has 0 radical (unpaired) electrons. The molecule has 0 aromatic heterocycles. The Balaban J connectivity index is 0.00000225. The highest BCUT2D eigenvalue weighted by molar-refractivity contribution is 5.95. The van der Waals surface area contributed by atoms with Gasteiger partial charge < -0.3 is 20.5 Å². The molecule has 3 N–H and O–H groups in total. The molecular formula is C19H23ClN2O3. The summed E-state index contributed by atoms with van der Waals surface area (Å²) in [6, 6.07) is 16.9. The third kappa shape index (κ3) is 5.19. The molecule has 134 valence electrons. The summed E-state index contributed by atoms with van der Waals surface area (Å²) in [7, 11) is 0. The molecule has 1 amide bonds. The van der Waals surface area contributed by atoms with Gasteiger partial charge >= 0.3 is 0 Å². The molecule has 0 saturated carbocycles. The summed E-state index contributed by atoms with van der Waals surface area (Å²) in [6.07, 6.45) is -0.401. The molecule has 1 heterocycles.